The predicted molar refractivity (Wildman–Crippen MR) is 250 cm³/mol. The molecule has 0 aliphatic carbocycles. The maximum atomic E-state index is 7.47. The summed E-state index contributed by atoms with van der Waals surface area (Å²) in [7, 11) is 0. The van der Waals surface area contributed by atoms with Gasteiger partial charge in [0.05, 0.1) is 17.6 Å². The number of nitrogens with zero attached hydrogens (tertiary/aromatic N) is 5. The van der Waals surface area contributed by atoms with Crippen molar-refractivity contribution in [1.82, 2.24) is 9.97 Å². The molecular formula is C52H52N8. The van der Waals surface area contributed by atoms with Gasteiger partial charge in [0.1, 0.15) is 0 Å². The first-order chi connectivity index (χ1) is 28.9. The van der Waals surface area contributed by atoms with E-state index in [1.807, 2.05) is 42.6 Å². The Morgan fingerprint density at radius 1 is 0.517 bits per heavy atom. The van der Waals surface area contributed by atoms with Gasteiger partial charge in [-0.25, -0.2) is 9.97 Å². The zero-order valence-corrected chi connectivity index (χ0v) is 35.7. The van der Waals surface area contributed by atoms with Crippen LogP contribution in [0.4, 0.5) is 34.4 Å². The molecule has 0 saturated heterocycles. The number of nitrogens with one attached hydrogen (secondary N) is 1. The predicted octanol–water partition coefficient (Wildman–Crippen LogP) is 11.9. The molecule has 0 atom stereocenters. The maximum Gasteiger partial charge on any atom is 0.183 e. The third kappa shape index (κ3) is 7.44. The van der Waals surface area contributed by atoms with Gasteiger partial charge in [0.2, 0.25) is 0 Å². The van der Waals surface area contributed by atoms with Gasteiger partial charge >= 0.3 is 0 Å². The van der Waals surface area contributed by atoms with Crippen LogP contribution in [0.5, 0.6) is 0 Å². The van der Waals surface area contributed by atoms with E-state index in [0.717, 1.165) is 95.6 Å². The number of benzene rings is 6. The molecule has 0 spiro atoms. The second-order valence-corrected chi connectivity index (χ2v) is 15.9. The van der Waals surface area contributed by atoms with Crippen molar-refractivity contribution in [3.63, 3.8) is 0 Å². The quantitative estimate of drug-likeness (QED) is 0.133. The Kier molecular flexibility index (Phi) is 10.6. The van der Waals surface area contributed by atoms with Gasteiger partial charge in [0.25, 0.3) is 0 Å². The number of anilines is 6. The van der Waals surface area contributed by atoms with Crippen molar-refractivity contribution < 1.29 is 0 Å². The monoisotopic (exact) mass is 788 g/mol. The van der Waals surface area contributed by atoms with E-state index < -0.39 is 0 Å². The second kappa shape index (κ2) is 16.1. The van der Waals surface area contributed by atoms with Crippen molar-refractivity contribution in [2.75, 3.05) is 20.0 Å². The summed E-state index contributed by atoms with van der Waals surface area (Å²) in [6.45, 7) is 17.0. The maximum absolute atomic E-state index is 7.47. The Morgan fingerprint density at radius 2 is 1.02 bits per heavy atom. The second-order valence-electron chi connectivity index (χ2n) is 15.9. The minimum absolute atomic E-state index is 0.373. The van der Waals surface area contributed by atoms with Crippen LogP contribution in [0.2, 0.25) is 0 Å². The third-order valence-electron chi connectivity index (χ3n) is 11.0. The fourth-order valence-corrected chi connectivity index (χ4v) is 8.54. The number of hydrogen-bond donors (Lipinski definition) is 3. The number of aryl methyl sites for hydroxylation is 8. The van der Waals surface area contributed by atoms with Crippen LogP contribution >= 0.6 is 0 Å². The number of nitrogens with two attached hydrogens (primary N) is 2. The summed E-state index contributed by atoms with van der Waals surface area (Å²) in [4.78, 5) is 17.3. The lowest BCUT2D eigenvalue weighted by Crippen LogP contribution is -2.47. The van der Waals surface area contributed by atoms with E-state index in [9.17, 15) is 0 Å². The fourth-order valence-electron chi connectivity index (χ4n) is 8.54. The van der Waals surface area contributed by atoms with Crippen LogP contribution < -0.4 is 31.5 Å². The van der Waals surface area contributed by atoms with Crippen molar-refractivity contribution in [2.24, 2.45) is 11.5 Å². The van der Waals surface area contributed by atoms with E-state index in [2.05, 4.69) is 172 Å². The normalized spacial score (nSPS) is 12.9. The highest BCUT2D eigenvalue weighted by atomic mass is 15.4. The number of hydrogen-bond acceptors (Lipinski definition) is 8. The molecule has 0 bridgehead atoms. The molecular weight excluding hydrogens is 737 g/mol. The van der Waals surface area contributed by atoms with Crippen molar-refractivity contribution in [2.45, 2.75) is 55.4 Å². The molecule has 0 amide bonds. The van der Waals surface area contributed by atoms with Gasteiger partial charge in [-0.3, -0.25) is 14.7 Å². The van der Waals surface area contributed by atoms with Crippen LogP contribution in [0.25, 0.3) is 17.0 Å². The van der Waals surface area contributed by atoms with E-state index in [1.54, 1.807) is 0 Å². The smallest absolute Gasteiger partial charge is 0.183 e. The van der Waals surface area contributed by atoms with Crippen molar-refractivity contribution in [1.29, 1.82) is 0 Å². The van der Waals surface area contributed by atoms with Crippen molar-refractivity contribution in [3.05, 3.63) is 207 Å². The minimum Gasteiger partial charge on any atom is -0.382 e. The Bertz CT molecular complexity index is 2730. The molecule has 0 radical (unpaired) electrons. The topological polar surface area (TPSA) is 99.6 Å². The number of para-hydroxylation sites is 2. The fraction of sp³-hybridized carbons (Fsp3) is 0.154. The number of aromatic nitrogens is 2. The standard InChI is InChI=1S/C52H52N8/c1-32-25-33(2)28-40(27-32)56-50-51(57-44(31-55-50)45-36(5)17-15-18-37(45)6)60(42-23-13-10-14-24-42)52-47(46-38(7)19-16-20-39(46)8)58(41-21-11-9-12-22-41)48(53)49(54)59(52)43-29-34(3)26-35(4)30-43/h9-31H,53-54H2,1-8H3,(H,55,56). The molecule has 1 aromatic heterocycles. The molecule has 300 valence electrons. The van der Waals surface area contributed by atoms with Crippen LogP contribution in [0.1, 0.15) is 50.1 Å². The van der Waals surface area contributed by atoms with Crippen LogP contribution in [0.15, 0.2) is 157 Å². The summed E-state index contributed by atoms with van der Waals surface area (Å²) in [6.07, 6.45) is 1.87. The lowest BCUT2D eigenvalue weighted by molar-refractivity contribution is 0.885. The van der Waals surface area contributed by atoms with E-state index in [-0.39, 0.29) is 0 Å². The Labute approximate surface area is 354 Å². The van der Waals surface area contributed by atoms with Crippen molar-refractivity contribution >= 4 is 40.1 Å². The largest absolute Gasteiger partial charge is 0.382 e. The Morgan fingerprint density at radius 3 is 1.58 bits per heavy atom. The van der Waals surface area contributed by atoms with Gasteiger partial charge in [-0.1, -0.05) is 84.9 Å². The van der Waals surface area contributed by atoms with Gasteiger partial charge in [-0.15, -0.1) is 0 Å². The molecule has 5 N–H and O–H groups in total. The average molecular weight is 789 g/mol. The molecule has 1 aliphatic heterocycles. The summed E-state index contributed by atoms with van der Waals surface area (Å²) in [6, 6.07) is 46.2. The highest BCUT2D eigenvalue weighted by molar-refractivity contribution is 5.96. The first kappa shape index (κ1) is 39.5. The van der Waals surface area contributed by atoms with Crippen LogP contribution in [0, 0.1) is 55.4 Å². The molecule has 8 heteroatoms. The highest BCUT2D eigenvalue weighted by Gasteiger charge is 2.40. The zero-order chi connectivity index (χ0) is 42.2. The first-order valence-electron chi connectivity index (χ1n) is 20.3. The summed E-state index contributed by atoms with van der Waals surface area (Å²) in [5.41, 5.74) is 30.8. The van der Waals surface area contributed by atoms with Gasteiger partial charge in [0, 0.05) is 33.9 Å². The zero-order valence-electron chi connectivity index (χ0n) is 35.7. The molecule has 8 rings (SSSR count). The summed E-state index contributed by atoms with van der Waals surface area (Å²) in [5, 5.41) is 3.73. The summed E-state index contributed by atoms with van der Waals surface area (Å²) < 4.78 is 0. The molecule has 8 nitrogen and oxygen atoms in total. The lowest BCUT2D eigenvalue weighted by Gasteiger charge is -2.45. The van der Waals surface area contributed by atoms with Gasteiger partial charge in [0.15, 0.2) is 29.1 Å². The summed E-state index contributed by atoms with van der Waals surface area (Å²) >= 11 is 0. The minimum atomic E-state index is 0.373. The van der Waals surface area contributed by atoms with E-state index in [0.29, 0.717) is 23.3 Å². The Balaban J connectivity index is 1.57. The highest BCUT2D eigenvalue weighted by Crippen LogP contribution is 2.48. The van der Waals surface area contributed by atoms with Gasteiger partial charge < -0.3 is 16.8 Å². The average Bonchev–Trinajstić information content (AvgIpc) is 3.20. The molecule has 2 heterocycles. The molecule has 6 aromatic carbocycles. The summed E-state index contributed by atoms with van der Waals surface area (Å²) in [5.74, 6) is 2.65. The lowest BCUT2D eigenvalue weighted by atomic mass is 9.96. The molecule has 1 aliphatic rings. The Hall–Kier alpha value is -7.32. The first-order valence-corrected chi connectivity index (χ1v) is 20.3. The SMILES string of the molecule is Cc1cc(C)cc(Nc2ncc(-c3c(C)cccc3C)nc2N(C2=C(c3c(C)cccc3C)N(c3ccccc3)C(N)=C(N)N2c2cc(C)cc(C)c2)c2ccccc2)c1. The van der Waals surface area contributed by atoms with Crippen LogP contribution in [-0.4, -0.2) is 9.97 Å². The molecule has 0 saturated carbocycles. The third-order valence-corrected chi connectivity index (χ3v) is 11.0. The van der Waals surface area contributed by atoms with Crippen molar-refractivity contribution in [3.8, 4) is 11.3 Å². The molecule has 0 fully saturated rings. The van der Waals surface area contributed by atoms with Gasteiger partial charge in [-0.2, -0.15) is 0 Å². The molecule has 0 unspecified atom stereocenters. The van der Waals surface area contributed by atoms with Crippen LogP contribution in [0.3, 0.4) is 0 Å². The van der Waals surface area contributed by atoms with E-state index >= 15 is 0 Å². The molecule has 60 heavy (non-hydrogen) atoms. The van der Waals surface area contributed by atoms with E-state index in [4.69, 9.17) is 21.4 Å². The molecule has 7 aromatic rings. The number of rotatable bonds is 9. The van der Waals surface area contributed by atoms with Gasteiger partial charge in [-0.05, 0) is 148 Å². The van der Waals surface area contributed by atoms with Crippen LogP contribution in [-0.2, 0) is 0 Å². The van der Waals surface area contributed by atoms with E-state index in [1.165, 1.54) is 0 Å².